The van der Waals surface area contributed by atoms with Crippen molar-refractivity contribution in [1.82, 2.24) is 23.8 Å². The summed E-state index contributed by atoms with van der Waals surface area (Å²) in [6, 6.07) is 38.7. The van der Waals surface area contributed by atoms with Crippen LogP contribution in [0.1, 0.15) is 103 Å². The number of fused-ring (bicyclic) bond motifs is 4. The van der Waals surface area contributed by atoms with E-state index >= 15 is 0 Å². The van der Waals surface area contributed by atoms with Crippen LogP contribution in [0.5, 0.6) is 11.5 Å². The first-order valence-electron chi connectivity index (χ1n) is 26.4. The minimum atomic E-state index is -0.437. The van der Waals surface area contributed by atoms with Crippen molar-refractivity contribution in [2.24, 2.45) is 0 Å². The number of para-hydroxylation sites is 2. The summed E-state index contributed by atoms with van der Waals surface area (Å²) in [6.45, 7) is 27.9. The molecule has 0 bridgehead atoms. The Kier molecular flexibility index (Phi) is 10.3. The Morgan fingerprint density at radius 3 is 1.90 bits per heavy atom. The van der Waals surface area contributed by atoms with Crippen LogP contribution in [0.2, 0.25) is 6.82 Å². The number of ether oxygens (including phenoxy) is 1. The van der Waals surface area contributed by atoms with Gasteiger partial charge in [0.05, 0.1) is 5.69 Å². The molecule has 1 aliphatic heterocycles. The molecule has 6 aromatic carbocycles. The summed E-state index contributed by atoms with van der Waals surface area (Å²) in [7, 11) is 0. The van der Waals surface area contributed by atoms with Gasteiger partial charge in [-0.3, -0.25) is 0 Å². The third-order valence-electron chi connectivity index (χ3n) is 13.5. The third kappa shape index (κ3) is 8.42. The minimum absolute atomic E-state index is 0.135. The molecule has 0 saturated carbocycles. The maximum atomic E-state index is 9.49. The second kappa shape index (κ2) is 17.4. The number of hydrogen-bond donors (Lipinski definition) is 0. The van der Waals surface area contributed by atoms with Gasteiger partial charge in [0.1, 0.15) is 0 Å². The zero-order valence-electron chi connectivity index (χ0n) is 47.3. The molecule has 0 spiro atoms. The number of benzene rings is 6. The molecule has 0 fully saturated rings. The summed E-state index contributed by atoms with van der Waals surface area (Å²) in [5, 5.41) is 4.96. The number of aryl methyl sites for hydroxylation is 2. The van der Waals surface area contributed by atoms with E-state index in [9.17, 15) is 2.74 Å². The normalized spacial score (nSPS) is 14.0. The molecule has 0 radical (unpaired) electrons. The van der Waals surface area contributed by atoms with Gasteiger partial charge in [0, 0.05) is 6.20 Å². The maximum absolute atomic E-state index is 9.49. The van der Waals surface area contributed by atoms with Gasteiger partial charge in [-0.15, -0.1) is 0 Å². The summed E-state index contributed by atoms with van der Waals surface area (Å²) in [5.74, 6) is 1.77. The first-order chi connectivity index (χ1) is 35.2. The number of imidazole rings is 1. The van der Waals surface area contributed by atoms with E-state index < -0.39 is 11.5 Å². The number of pyridine rings is 1. The predicted octanol–water partition coefficient (Wildman–Crippen LogP) is 15.4. The van der Waals surface area contributed by atoms with Crippen molar-refractivity contribution in [2.45, 2.75) is 106 Å². The molecule has 0 amide bonds. The molecule has 7 nitrogen and oxygen atoms in total. The van der Waals surface area contributed by atoms with Crippen LogP contribution in [0.25, 0.3) is 55.9 Å². The average Bonchev–Trinajstić information content (AvgIpc) is 3.83. The molecule has 0 N–H and O–H groups in total. The van der Waals surface area contributed by atoms with Gasteiger partial charge in [0.2, 0.25) is 0 Å². The van der Waals surface area contributed by atoms with Crippen LogP contribution in [0.15, 0.2) is 133 Å². The summed E-state index contributed by atoms with van der Waals surface area (Å²) in [6.07, 6.45) is 1.83. The zero-order valence-corrected chi connectivity index (χ0v) is 44.6. The predicted molar refractivity (Wildman–Crippen MR) is 286 cm³/mol. The van der Waals surface area contributed by atoms with Crippen LogP contribution in [0, 0.1) is 36.7 Å². The number of aromatic nitrogens is 5. The second-order valence-corrected chi connectivity index (χ2v) is 22.7. The first kappa shape index (κ1) is 41.3. The van der Waals surface area contributed by atoms with Crippen LogP contribution >= 0.6 is 0 Å². The zero-order chi connectivity index (χ0) is 54.0. The Bertz CT molecular complexity index is 3810. The number of hydrogen-bond acceptors (Lipinski definition) is 4. The fourth-order valence-electron chi connectivity index (χ4n) is 9.44. The summed E-state index contributed by atoms with van der Waals surface area (Å²) < 4.78 is 59.4. The van der Waals surface area contributed by atoms with Gasteiger partial charge in [0.25, 0.3) is 0 Å². The van der Waals surface area contributed by atoms with E-state index in [1.54, 1.807) is 0 Å². The van der Waals surface area contributed by atoms with Gasteiger partial charge in [-0.25, -0.2) is 0 Å². The van der Waals surface area contributed by atoms with E-state index in [-0.39, 0.29) is 47.5 Å². The van der Waals surface area contributed by atoms with Crippen LogP contribution < -0.4 is 9.55 Å². The number of anilines is 2. The molecule has 10 rings (SSSR count). The van der Waals surface area contributed by atoms with E-state index in [1.165, 1.54) is 0 Å². The van der Waals surface area contributed by atoms with Crippen molar-refractivity contribution in [3.8, 4) is 56.4 Å². The molecule has 70 heavy (non-hydrogen) atoms. The van der Waals surface area contributed by atoms with Crippen molar-refractivity contribution < 1.29 is 30.9 Å². The molecule has 0 atom stereocenters. The van der Waals surface area contributed by atoms with Gasteiger partial charge < -0.3 is 0 Å². The molecule has 0 saturated heterocycles. The van der Waals surface area contributed by atoms with Gasteiger partial charge in [-0.1, -0.05) is 0 Å². The molecule has 0 unspecified atom stereocenters. The van der Waals surface area contributed by atoms with Crippen molar-refractivity contribution in [2.75, 3.05) is 4.81 Å². The molecule has 9 aromatic rings. The number of nitrogens with zero attached hydrogens (tertiary/aromatic N) is 6. The Morgan fingerprint density at radius 1 is 0.643 bits per heavy atom. The Balaban J connectivity index is 1.21. The van der Waals surface area contributed by atoms with E-state index in [4.69, 9.17) is 18.9 Å². The van der Waals surface area contributed by atoms with Crippen LogP contribution in [-0.4, -0.2) is 30.8 Å². The molecule has 9 heteroatoms. The fourth-order valence-corrected chi connectivity index (χ4v) is 10.5. The first-order valence-corrected chi connectivity index (χ1v) is 25.0. The molecule has 356 valence electrons. The Hall–Kier alpha value is -6.50. The fraction of sp³-hybridized carbons (Fsp3) is 0.262. The molecule has 4 heterocycles. The average molecular weight is 1110 g/mol. The topological polar surface area (TPSA) is 53.0 Å². The van der Waals surface area contributed by atoms with Crippen molar-refractivity contribution >= 4 is 29.5 Å². The number of rotatable bonds is 7. The van der Waals surface area contributed by atoms with Crippen LogP contribution in [-0.2, 0) is 35.6 Å². The van der Waals surface area contributed by atoms with E-state index in [0.29, 0.717) is 28.4 Å². The van der Waals surface area contributed by atoms with Crippen molar-refractivity contribution in [3.63, 3.8) is 0 Å². The molecular weight excluding hydrogens is 1040 g/mol. The van der Waals surface area contributed by atoms with Gasteiger partial charge in [-0.05, 0) is 32.4 Å². The quantitative estimate of drug-likeness (QED) is 0.118. The van der Waals surface area contributed by atoms with Crippen LogP contribution in [0.4, 0.5) is 11.5 Å². The second-order valence-electron chi connectivity index (χ2n) is 21.7. The van der Waals surface area contributed by atoms with Crippen molar-refractivity contribution in [3.05, 3.63) is 183 Å². The Labute approximate surface area is 432 Å². The molecule has 3 aromatic heterocycles. The Morgan fingerprint density at radius 2 is 1.26 bits per heavy atom. The van der Waals surface area contributed by atoms with Crippen LogP contribution in [0.3, 0.4) is 0 Å². The SMILES string of the molecule is [2H]c1c([2H])c([2H])c(-c2cc(C(C)(C)C)cc(-c3cc(C(C)(C)C)cc(C(C)(C)C)c3)c2-n2[c](=[Pt])n(-c3[c-]c(Oc4[c-]c5c(cc4)-c4c(C)c(C)nn4B(C)N5c4cc(C)ccn4)ccc3)c3ccccc32)c([2H])c1[2H]. The summed E-state index contributed by atoms with van der Waals surface area (Å²) >= 11 is 2.37. The molecule has 1 aliphatic rings. The standard InChI is InChI=1S/C61H61BN6O.Pt/c1-39-28-29-63-56(30-39)67-55-37-49(26-27-50(55)57-40(2)41(3)64-68(57)62(67)13)69-48-23-19-22-47(36-48)65-38-66(54-25-18-17-24-53(54)65)58-51(42-20-15-14-16-21-42)34-46(61(10,11)12)35-52(58)43-31-44(59(4,5)6)33-45(32-43)60(7,8)9;/h14-35H,1-13H3;/q-2;/i14D,15D,16D,20D,21D;. The van der Waals surface area contributed by atoms with Gasteiger partial charge in [-0.2, -0.15) is 5.10 Å². The molecule has 0 aliphatic carbocycles. The monoisotopic (exact) mass is 1100 g/mol. The van der Waals surface area contributed by atoms with Gasteiger partial charge >= 0.3 is 385 Å². The van der Waals surface area contributed by atoms with E-state index in [1.807, 2.05) is 61.7 Å². The van der Waals surface area contributed by atoms with Crippen molar-refractivity contribution in [1.29, 1.82) is 0 Å². The molecular formula is C61H61BN6OPt-2. The van der Waals surface area contributed by atoms with Gasteiger partial charge in [0.15, 0.2) is 0 Å². The third-order valence-corrected chi connectivity index (χ3v) is 14.5. The summed E-state index contributed by atoms with van der Waals surface area (Å²) in [5.41, 5.74) is 14.1. The van der Waals surface area contributed by atoms with E-state index in [0.717, 1.165) is 82.2 Å². The summed E-state index contributed by atoms with van der Waals surface area (Å²) in [4.78, 5) is 6.96. The van der Waals surface area contributed by atoms with E-state index in [2.05, 4.69) is 182 Å².